The van der Waals surface area contributed by atoms with Gasteiger partial charge in [0.2, 0.25) is 0 Å². The summed E-state index contributed by atoms with van der Waals surface area (Å²) in [6, 6.07) is 6.86. The molecule has 1 unspecified atom stereocenters. The maximum absolute atomic E-state index is 10.5. The van der Waals surface area contributed by atoms with E-state index in [-0.39, 0.29) is 16.7 Å². The van der Waals surface area contributed by atoms with Gasteiger partial charge in [-0.2, -0.15) is 0 Å². The van der Waals surface area contributed by atoms with Crippen LogP contribution in [0.2, 0.25) is 0 Å². The lowest BCUT2D eigenvalue weighted by molar-refractivity contribution is -0.384. The highest BCUT2D eigenvalue weighted by Crippen LogP contribution is 2.14. The SMILES string of the molecule is CC(C)C(N)CCc1ccc([N+](=O)[O-])cc1. The Bertz CT molecular complexity index is 347. The quantitative estimate of drug-likeness (QED) is 0.614. The highest BCUT2D eigenvalue weighted by atomic mass is 16.6. The molecule has 0 radical (unpaired) electrons. The van der Waals surface area contributed by atoms with Crippen LogP contribution in [0.25, 0.3) is 0 Å². The number of nitrogens with zero attached hydrogens (tertiary/aromatic N) is 1. The molecule has 1 aromatic carbocycles. The molecule has 0 heterocycles. The number of hydrogen-bond acceptors (Lipinski definition) is 3. The first kappa shape index (κ1) is 12.6. The Labute approximate surface area is 95.6 Å². The molecule has 0 aromatic heterocycles. The number of nitrogens with two attached hydrogens (primary N) is 1. The van der Waals surface area contributed by atoms with Crippen LogP contribution >= 0.6 is 0 Å². The van der Waals surface area contributed by atoms with Crippen molar-refractivity contribution in [1.29, 1.82) is 0 Å². The van der Waals surface area contributed by atoms with E-state index in [0.29, 0.717) is 5.92 Å². The molecule has 1 atom stereocenters. The minimum Gasteiger partial charge on any atom is -0.327 e. The standard InChI is InChI=1S/C12H18N2O2/c1-9(2)12(13)8-5-10-3-6-11(7-4-10)14(15)16/h3-4,6-7,9,12H,5,8,13H2,1-2H3. The van der Waals surface area contributed by atoms with Crippen molar-refractivity contribution in [3.8, 4) is 0 Å². The van der Waals surface area contributed by atoms with Crippen molar-refractivity contribution in [3.63, 3.8) is 0 Å². The Morgan fingerprint density at radius 1 is 1.31 bits per heavy atom. The van der Waals surface area contributed by atoms with Gasteiger partial charge in [0.1, 0.15) is 0 Å². The van der Waals surface area contributed by atoms with E-state index in [0.717, 1.165) is 18.4 Å². The molecule has 0 aliphatic rings. The van der Waals surface area contributed by atoms with Crippen LogP contribution in [0.4, 0.5) is 5.69 Å². The van der Waals surface area contributed by atoms with E-state index < -0.39 is 0 Å². The second-order valence-corrected chi connectivity index (χ2v) is 4.37. The van der Waals surface area contributed by atoms with Gasteiger partial charge in [0.25, 0.3) is 5.69 Å². The number of aryl methyl sites for hydroxylation is 1. The summed E-state index contributed by atoms with van der Waals surface area (Å²) in [5.41, 5.74) is 7.17. The second kappa shape index (κ2) is 5.61. The van der Waals surface area contributed by atoms with Crippen molar-refractivity contribution in [2.75, 3.05) is 0 Å². The Hall–Kier alpha value is -1.42. The van der Waals surface area contributed by atoms with Gasteiger partial charge in [-0.3, -0.25) is 10.1 Å². The van der Waals surface area contributed by atoms with E-state index in [9.17, 15) is 10.1 Å². The average molecular weight is 222 g/mol. The predicted molar refractivity (Wildman–Crippen MR) is 64.2 cm³/mol. The fraction of sp³-hybridized carbons (Fsp3) is 0.500. The van der Waals surface area contributed by atoms with Gasteiger partial charge in [-0.1, -0.05) is 26.0 Å². The molecule has 0 spiro atoms. The summed E-state index contributed by atoms with van der Waals surface area (Å²) in [5.74, 6) is 0.470. The molecule has 0 saturated carbocycles. The number of hydrogen-bond donors (Lipinski definition) is 1. The molecule has 0 aliphatic carbocycles. The number of nitro groups is 1. The highest BCUT2D eigenvalue weighted by Gasteiger charge is 2.08. The summed E-state index contributed by atoms with van der Waals surface area (Å²) < 4.78 is 0. The van der Waals surface area contributed by atoms with Crippen molar-refractivity contribution in [2.45, 2.75) is 32.7 Å². The zero-order chi connectivity index (χ0) is 12.1. The van der Waals surface area contributed by atoms with Gasteiger partial charge in [-0.15, -0.1) is 0 Å². The van der Waals surface area contributed by atoms with Gasteiger partial charge in [-0.25, -0.2) is 0 Å². The van der Waals surface area contributed by atoms with Gasteiger partial charge >= 0.3 is 0 Å². The third-order valence-electron chi connectivity index (χ3n) is 2.77. The fourth-order valence-corrected chi connectivity index (χ4v) is 1.45. The Kier molecular flexibility index (Phi) is 4.43. The lowest BCUT2D eigenvalue weighted by Crippen LogP contribution is -2.26. The van der Waals surface area contributed by atoms with Crippen molar-refractivity contribution >= 4 is 5.69 Å². The fourth-order valence-electron chi connectivity index (χ4n) is 1.45. The minimum absolute atomic E-state index is 0.136. The zero-order valence-corrected chi connectivity index (χ0v) is 9.72. The van der Waals surface area contributed by atoms with Crippen LogP contribution in [0.3, 0.4) is 0 Å². The summed E-state index contributed by atoms with van der Waals surface area (Å²) in [4.78, 5) is 10.1. The average Bonchev–Trinajstić information content (AvgIpc) is 2.26. The van der Waals surface area contributed by atoms with E-state index in [1.165, 1.54) is 12.1 Å². The summed E-state index contributed by atoms with van der Waals surface area (Å²) in [7, 11) is 0. The topological polar surface area (TPSA) is 69.2 Å². The predicted octanol–water partition coefficient (Wildman–Crippen LogP) is 2.51. The van der Waals surface area contributed by atoms with E-state index >= 15 is 0 Å². The third kappa shape index (κ3) is 3.62. The summed E-state index contributed by atoms with van der Waals surface area (Å²) >= 11 is 0. The number of nitro benzene ring substituents is 1. The van der Waals surface area contributed by atoms with Gasteiger partial charge in [0.05, 0.1) is 4.92 Å². The lowest BCUT2D eigenvalue weighted by atomic mass is 9.97. The van der Waals surface area contributed by atoms with E-state index in [4.69, 9.17) is 5.73 Å². The van der Waals surface area contributed by atoms with Gasteiger partial charge in [0, 0.05) is 18.2 Å². The highest BCUT2D eigenvalue weighted by molar-refractivity contribution is 5.32. The molecular weight excluding hydrogens is 204 g/mol. The lowest BCUT2D eigenvalue weighted by Gasteiger charge is -2.14. The first-order valence-electron chi connectivity index (χ1n) is 5.49. The molecule has 1 rings (SSSR count). The van der Waals surface area contributed by atoms with E-state index in [2.05, 4.69) is 13.8 Å². The minimum atomic E-state index is -0.385. The van der Waals surface area contributed by atoms with Crippen molar-refractivity contribution in [1.82, 2.24) is 0 Å². The van der Waals surface area contributed by atoms with Gasteiger partial charge in [0.15, 0.2) is 0 Å². The van der Waals surface area contributed by atoms with Crippen LogP contribution in [0.1, 0.15) is 25.8 Å². The van der Waals surface area contributed by atoms with Crippen LogP contribution < -0.4 is 5.73 Å². The molecule has 0 saturated heterocycles. The van der Waals surface area contributed by atoms with Gasteiger partial charge < -0.3 is 5.73 Å². The van der Waals surface area contributed by atoms with Crippen molar-refractivity contribution in [2.24, 2.45) is 11.7 Å². The molecule has 4 nitrogen and oxygen atoms in total. The first-order valence-corrected chi connectivity index (χ1v) is 5.49. The van der Waals surface area contributed by atoms with E-state index in [1.807, 2.05) is 0 Å². The summed E-state index contributed by atoms with van der Waals surface area (Å²) in [6.45, 7) is 4.20. The molecule has 2 N–H and O–H groups in total. The Morgan fingerprint density at radius 2 is 1.88 bits per heavy atom. The number of non-ortho nitro benzene ring substituents is 1. The second-order valence-electron chi connectivity index (χ2n) is 4.37. The normalized spacial score (nSPS) is 12.8. The molecule has 0 fully saturated rings. The van der Waals surface area contributed by atoms with Crippen molar-refractivity contribution in [3.05, 3.63) is 39.9 Å². The largest absolute Gasteiger partial charge is 0.327 e. The van der Waals surface area contributed by atoms with Crippen LogP contribution in [0, 0.1) is 16.0 Å². The zero-order valence-electron chi connectivity index (χ0n) is 9.72. The number of benzene rings is 1. The smallest absolute Gasteiger partial charge is 0.269 e. The molecule has 0 aliphatic heterocycles. The van der Waals surface area contributed by atoms with Crippen LogP contribution in [-0.4, -0.2) is 11.0 Å². The molecule has 4 heteroatoms. The summed E-state index contributed by atoms with van der Waals surface area (Å²) in [5, 5.41) is 10.5. The molecular formula is C12H18N2O2. The molecule has 1 aromatic rings. The van der Waals surface area contributed by atoms with Gasteiger partial charge in [-0.05, 0) is 24.3 Å². The first-order chi connectivity index (χ1) is 7.50. The summed E-state index contributed by atoms with van der Waals surface area (Å²) in [6.07, 6.45) is 1.78. The van der Waals surface area contributed by atoms with Crippen LogP contribution in [0.5, 0.6) is 0 Å². The molecule has 16 heavy (non-hydrogen) atoms. The van der Waals surface area contributed by atoms with Crippen molar-refractivity contribution < 1.29 is 4.92 Å². The molecule has 0 bridgehead atoms. The third-order valence-corrected chi connectivity index (χ3v) is 2.77. The maximum Gasteiger partial charge on any atom is 0.269 e. The van der Waals surface area contributed by atoms with Crippen LogP contribution in [0.15, 0.2) is 24.3 Å². The van der Waals surface area contributed by atoms with E-state index in [1.54, 1.807) is 12.1 Å². The number of rotatable bonds is 5. The monoisotopic (exact) mass is 222 g/mol. The Balaban J connectivity index is 2.53. The van der Waals surface area contributed by atoms with Crippen LogP contribution in [-0.2, 0) is 6.42 Å². The maximum atomic E-state index is 10.5. The molecule has 88 valence electrons. The Morgan fingerprint density at radius 3 is 2.31 bits per heavy atom. The molecule has 0 amide bonds.